The van der Waals surface area contributed by atoms with E-state index in [1.165, 1.54) is 17.7 Å². The smallest absolute Gasteiger partial charge is 0.138 e. The van der Waals surface area contributed by atoms with Gasteiger partial charge in [-0.05, 0) is 45.5 Å². The Labute approximate surface area is 125 Å². The summed E-state index contributed by atoms with van der Waals surface area (Å²) in [6.45, 7) is 10.5. The summed E-state index contributed by atoms with van der Waals surface area (Å²) in [5, 5.41) is 4.05. The van der Waals surface area contributed by atoms with Gasteiger partial charge in [-0.1, -0.05) is 5.16 Å². The quantitative estimate of drug-likeness (QED) is 0.938. The van der Waals surface area contributed by atoms with Gasteiger partial charge in [0.25, 0.3) is 0 Å². The molecule has 0 spiro atoms. The van der Waals surface area contributed by atoms with Crippen molar-refractivity contribution in [1.29, 1.82) is 0 Å². The number of hydrogen-bond donors (Lipinski definition) is 1. The second-order valence-electron chi connectivity index (χ2n) is 5.90. The molecule has 0 amide bonds. The highest BCUT2D eigenvalue weighted by Gasteiger charge is 2.18. The van der Waals surface area contributed by atoms with Crippen LogP contribution in [0.3, 0.4) is 0 Å². The number of hydrogen-bond acceptors (Lipinski definition) is 4. The molecule has 0 unspecified atom stereocenters. The van der Waals surface area contributed by atoms with Crippen LogP contribution in [0.25, 0.3) is 0 Å². The van der Waals surface area contributed by atoms with E-state index in [4.69, 9.17) is 4.52 Å². The minimum atomic E-state index is 0.956. The first kappa shape index (κ1) is 14.4. The third-order valence-corrected chi connectivity index (χ3v) is 4.30. The van der Waals surface area contributed by atoms with E-state index in [0.717, 1.165) is 50.7 Å². The zero-order chi connectivity index (χ0) is 14.7. The molecule has 114 valence electrons. The molecule has 5 nitrogen and oxygen atoms in total. The lowest BCUT2D eigenvalue weighted by atomic mass is 10.2. The molecule has 21 heavy (non-hydrogen) atoms. The van der Waals surface area contributed by atoms with Gasteiger partial charge in [-0.3, -0.25) is 9.80 Å². The maximum atomic E-state index is 5.27. The van der Waals surface area contributed by atoms with Crippen molar-refractivity contribution < 1.29 is 4.52 Å². The molecule has 3 rings (SSSR count). The fourth-order valence-corrected chi connectivity index (χ4v) is 3.00. The molecule has 3 heterocycles. The molecule has 1 N–H and O–H groups in total. The van der Waals surface area contributed by atoms with Crippen LogP contribution < -0.4 is 0 Å². The maximum absolute atomic E-state index is 5.27. The molecule has 0 bridgehead atoms. The first-order valence-electron chi connectivity index (χ1n) is 7.71. The van der Waals surface area contributed by atoms with E-state index < -0.39 is 0 Å². The molecule has 5 heteroatoms. The Morgan fingerprint density at radius 2 is 1.90 bits per heavy atom. The number of aromatic nitrogens is 2. The lowest BCUT2D eigenvalue weighted by Crippen LogP contribution is -2.30. The molecule has 1 fully saturated rings. The van der Waals surface area contributed by atoms with Crippen LogP contribution in [0, 0.1) is 13.8 Å². The zero-order valence-corrected chi connectivity index (χ0v) is 12.9. The molecule has 2 aromatic heterocycles. The molecular formula is C16H24N4O. The Kier molecular flexibility index (Phi) is 4.41. The number of aromatic amines is 1. The van der Waals surface area contributed by atoms with Crippen LogP contribution in [0.5, 0.6) is 0 Å². The van der Waals surface area contributed by atoms with Crippen molar-refractivity contribution in [1.82, 2.24) is 19.9 Å². The molecule has 2 aromatic rings. The van der Waals surface area contributed by atoms with Crippen molar-refractivity contribution in [3.63, 3.8) is 0 Å². The topological polar surface area (TPSA) is 48.3 Å². The van der Waals surface area contributed by atoms with Crippen molar-refractivity contribution in [3.05, 3.63) is 41.0 Å². The number of rotatable bonds is 4. The van der Waals surface area contributed by atoms with Gasteiger partial charge >= 0.3 is 0 Å². The van der Waals surface area contributed by atoms with Crippen LogP contribution >= 0.6 is 0 Å². The van der Waals surface area contributed by atoms with E-state index in [0.29, 0.717) is 0 Å². The van der Waals surface area contributed by atoms with Crippen LogP contribution in [-0.4, -0.2) is 46.1 Å². The molecule has 0 aromatic carbocycles. The van der Waals surface area contributed by atoms with Crippen molar-refractivity contribution in [2.75, 3.05) is 26.2 Å². The minimum Gasteiger partial charge on any atom is -0.364 e. The highest BCUT2D eigenvalue weighted by molar-refractivity contribution is 5.20. The van der Waals surface area contributed by atoms with Crippen molar-refractivity contribution >= 4 is 0 Å². The lowest BCUT2D eigenvalue weighted by Gasteiger charge is -2.21. The highest BCUT2D eigenvalue weighted by Crippen LogP contribution is 2.16. The standard InChI is InChI=1S/C16H24N4O/c1-13-16(14(2)21-18-13)12-20-8-4-7-19(9-10-20)11-15-5-3-6-17-15/h3,5-6,17H,4,7-12H2,1-2H3. The third kappa shape index (κ3) is 3.54. The van der Waals surface area contributed by atoms with Gasteiger partial charge in [0.1, 0.15) is 5.76 Å². The van der Waals surface area contributed by atoms with Crippen LogP contribution in [0.1, 0.15) is 29.1 Å². The summed E-state index contributed by atoms with van der Waals surface area (Å²) in [5.74, 6) is 0.958. The van der Waals surface area contributed by atoms with E-state index in [2.05, 4.69) is 32.1 Å². The van der Waals surface area contributed by atoms with Gasteiger partial charge in [-0.15, -0.1) is 0 Å². The summed E-state index contributed by atoms with van der Waals surface area (Å²) >= 11 is 0. The minimum absolute atomic E-state index is 0.956. The summed E-state index contributed by atoms with van der Waals surface area (Å²) < 4.78 is 5.27. The van der Waals surface area contributed by atoms with Crippen LogP contribution in [0.15, 0.2) is 22.9 Å². The van der Waals surface area contributed by atoms with Crippen molar-refractivity contribution in [2.45, 2.75) is 33.4 Å². The molecule has 0 saturated carbocycles. The Balaban J connectivity index is 1.56. The van der Waals surface area contributed by atoms with Gasteiger partial charge in [0.05, 0.1) is 5.69 Å². The number of aryl methyl sites for hydroxylation is 2. The van der Waals surface area contributed by atoms with Crippen LogP contribution in [0.2, 0.25) is 0 Å². The second-order valence-corrected chi connectivity index (χ2v) is 5.90. The van der Waals surface area contributed by atoms with Gasteiger partial charge in [-0.2, -0.15) is 0 Å². The molecule has 1 aliphatic heterocycles. The van der Waals surface area contributed by atoms with Gasteiger partial charge in [0.15, 0.2) is 0 Å². The molecular weight excluding hydrogens is 264 g/mol. The van der Waals surface area contributed by atoms with E-state index >= 15 is 0 Å². The predicted molar refractivity (Wildman–Crippen MR) is 81.9 cm³/mol. The molecule has 1 aliphatic rings. The fourth-order valence-electron chi connectivity index (χ4n) is 3.00. The maximum Gasteiger partial charge on any atom is 0.138 e. The average molecular weight is 288 g/mol. The monoisotopic (exact) mass is 288 g/mol. The van der Waals surface area contributed by atoms with Gasteiger partial charge in [0.2, 0.25) is 0 Å². The van der Waals surface area contributed by atoms with E-state index in [1.54, 1.807) is 0 Å². The molecule has 1 saturated heterocycles. The second kappa shape index (κ2) is 6.45. The fraction of sp³-hybridized carbons (Fsp3) is 0.562. The zero-order valence-electron chi connectivity index (χ0n) is 12.9. The number of nitrogens with one attached hydrogen (secondary N) is 1. The lowest BCUT2D eigenvalue weighted by molar-refractivity contribution is 0.245. The van der Waals surface area contributed by atoms with Gasteiger partial charge < -0.3 is 9.51 Å². The average Bonchev–Trinajstić information content (AvgIpc) is 3.01. The number of nitrogens with zero attached hydrogens (tertiary/aromatic N) is 3. The first-order chi connectivity index (χ1) is 10.2. The number of H-pyrrole nitrogens is 1. The molecule has 0 aliphatic carbocycles. The summed E-state index contributed by atoms with van der Waals surface area (Å²) in [6.07, 6.45) is 3.21. The predicted octanol–water partition coefficient (Wildman–Crippen LogP) is 2.33. The summed E-state index contributed by atoms with van der Waals surface area (Å²) in [7, 11) is 0. The highest BCUT2D eigenvalue weighted by atomic mass is 16.5. The largest absolute Gasteiger partial charge is 0.364 e. The normalized spacial score (nSPS) is 18.0. The summed E-state index contributed by atoms with van der Waals surface area (Å²) in [4.78, 5) is 8.33. The van der Waals surface area contributed by atoms with Crippen molar-refractivity contribution in [3.8, 4) is 0 Å². The van der Waals surface area contributed by atoms with Crippen molar-refractivity contribution in [2.24, 2.45) is 0 Å². The van der Waals surface area contributed by atoms with Crippen LogP contribution in [-0.2, 0) is 13.1 Å². The SMILES string of the molecule is Cc1noc(C)c1CN1CCCN(Cc2ccc[nH]2)CC1. The van der Waals surface area contributed by atoms with E-state index in [1.807, 2.05) is 20.0 Å². The third-order valence-electron chi connectivity index (χ3n) is 4.30. The summed E-state index contributed by atoms with van der Waals surface area (Å²) in [5.41, 5.74) is 3.59. The first-order valence-corrected chi connectivity index (χ1v) is 7.71. The Hall–Kier alpha value is -1.59. The summed E-state index contributed by atoms with van der Waals surface area (Å²) in [6, 6.07) is 4.23. The van der Waals surface area contributed by atoms with Gasteiger partial charge in [-0.25, -0.2) is 0 Å². The Bertz CT molecular complexity index is 541. The Morgan fingerprint density at radius 1 is 1.14 bits per heavy atom. The van der Waals surface area contributed by atoms with E-state index in [9.17, 15) is 0 Å². The van der Waals surface area contributed by atoms with Crippen LogP contribution in [0.4, 0.5) is 0 Å². The van der Waals surface area contributed by atoms with E-state index in [-0.39, 0.29) is 0 Å². The Morgan fingerprint density at radius 3 is 2.52 bits per heavy atom. The molecule has 0 atom stereocenters. The molecule has 0 radical (unpaired) electrons. The van der Waals surface area contributed by atoms with Gasteiger partial charge in [0, 0.05) is 43.6 Å².